The Hall–Kier alpha value is -2.04. The first-order chi connectivity index (χ1) is 9.76. The van der Waals surface area contributed by atoms with Crippen molar-refractivity contribution in [3.63, 3.8) is 0 Å². The minimum absolute atomic E-state index is 0.717. The Kier molecular flexibility index (Phi) is 4.98. The Labute approximate surface area is 120 Å². The molecule has 1 N–H and O–H groups in total. The van der Waals surface area contributed by atoms with Crippen LogP contribution < -0.4 is 10.2 Å². The molecule has 2 aromatic heterocycles. The number of furan rings is 1. The normalized spacial score (nSPS) is 10.6. The van der Waals surface area contributed by atoms with Crippen molar-refractivity contribution in [3.8, 4) is 0 Å². The van der Waals surface area contributed by atoms with Gasteiger partial charge in [-0.15, -0.1) is 0 Å². The van der Waals surface area contributed by atoms with Crippen molar-refractivity contribution < 1.29 is 4.42 Å². The fourth-order valence-electron chi connectivity index (χ4n) is 2.02. The molecule has 0 aliphatic carbocycles. The monoisotopic (exact) mass is 274 g/mol. The maximum absolute atomic E-state index is 5.42. The maximum Gasteiger partial charge on any atom is 0.134 e. The molecule has 0 saturated carbocycles. The van der Waals surface area contributed by atoms with Gasteiger partial charge in [-0.25, -0.2) is 9.97 Å². The zero-order valence-corrected chi connectivity index (χ0v) is 12.4. The number of aromatic nitrogens is 2. The molecule has 0 amide bonds. The quantitative estimate of drug-likeness (QED) is 0.841. The number of aryl methyl sites for hydroxylation is 1. The van der Waals surface area contributed by atoms with Crippen molar-refractivity contribution in [3.05, 3.63) is 36.0 Å². The molecule has 0 spiro atoms. The molecule has 0 atom stereocenters. The highest BCUT2D eigenvalue weighted by Gasteiger charge is 2.11. The van der Waals surface area contributed by atoms with E-state index in [0.29, 0.717) is 0 Å². The van der Waals surface area contributed by atoms with Gasteiger partial charge in [-0.2, -0.15) is 0 Å². The van der Waals surface area contributed by atoms with Crippen LogP contribution in [0.2, 0.25) is 0 Å². The van der Waals surface area contributed by atoms with Gasteiger partial charge in [-0.1, -0.05) is 6.92 Å². The van der Waals surface area contributed by atoms with E-state index in [-0.39, 0.29) is 0 Å². The Morgan fingerprint density at radius 3 is 2.70 bits per heavy atom. The highest BCUT2D eigenvalue weighted by molar-refractivity contribution is 5.49. The second kappa shape index (κ2) is 6.93. The van der Waals surface area contributed by atoms with Gasteiger partial charge >= 0.3 is 0 Å². The van der Waals surface area contributed by atoms with Gasteiger partial charge in [-0.3, -0.25) is 0 Å². The van der Waals surface area contributed by atoms with E-state index in [2.05, 4.69) is 41.0 Å². The lowest BCUT2D eigenvalue weighted by molar-refractivity contribution is 0.502. The van der Waals surface area contributed by atoms with E-state index in [1.54, 1.807) is 6.26 Å². The van der Waals surface area contributed by atoms with Gasteiger partial charge in [0, 0.05) is 25.6 Å². The summed E-state index contributed by atoms with van der Waals surface area (Å²) in [6.45, 7) is 8.68. The molecule has 0 fully saturated rings. The van der Waals surface area contributed by atoms with Crippen LogP contribution in [0.25, 0.3) is 0 Å². The summed E-state index contributed by atoms with van der Waals surface area (Å²) in [4.78, 5) is 11.3. The van der Waals surface area contributed by atoms with E-state index in [1.807, 2.05) is 18.2 Å². The fourth-order valence-corrected chi connectivity index (χ4v) is 2.02. The van der Waals surface area contributed by atoms with Crippen LogP contribution in [0.15, 0.2) is 28.9 Å². The number of rotatable bonds is 7. The largest absolute Gasteiger partial charge is 0.467 e. The summed E-state index contributed by atoms with van der Waals surface area (Å²) in [7, 11) is 0. The van der Waals surface area contributed by atoms with Crippen molar-refractivity contribution in [1.82, 2.24) is 9.97 Å². The van der Waals surface area contributed by atoms with Crippen LogP contribution in [0.3, 0.4) is 0 Å². The van der Waals surface area contributed by atoms with E-state index >= 15 is 0 Å². The highest BCUT2D eigenvalue weighted by atomic mass is 16.3. The lowest BCUT2D eigenvalue weighted by Crippen LogP contribution is -2.23. The van der Waals surface area contributed by atoms with Crippen molar-refractivity contribution >= 4 is 11.6 Å². The summed E-state index contributed by atoms with van der Waals surface area (Å²) in [5.41, 5.74) is 0. The van der Waals surface area contributed by atoms with Crippen molar-refractivity contribution in [1.29, 1.82) is 0 Å². The van der Waals surface area contributed by atoms with Crippen LogP contribution in [0.1, 0.15) is 32.4 Å². The molecule has 20 heavy (non-hydrogen) atoms. The molecule has 0 aromatic carbocycles. The summed E-state index contributed by atoms with van der Waals surface area (Å²) >= 11 is 0. The second-order valence-corrected chi connectivity index (χ2v) is 4.51. The number of anilines is 2. The SMILES string of the molecule is CCNc1cc(N(CC)Cc2ccco2)nc(CC)n1. The van der Waals surface area contributed by atoms with E-state index in [0.717, 1.165) is 49.3 Å². The minimum Gasteiger partial charge on any atom is -0.467 e. The molecular formula is C15H22N4O. The topological polar surface area (TPSA) is 54.2 Å². The van der Waals surface area contributed by atoms with Crippen molar-refractivity contribution in [2.45, 2.75) is 33.7 Å². The molecule has 0 unspecified atom stereocenters. The first-order valence-electron chi connectivity index (χ1n) is 7.15. The number of nitrogens with one attached hydrogen (secondary N) is 1. The fraction of sp³-hybridized carbons (Fsp3) is 0.467. The number of hydrogen-bond acceptors (Lipinski definition) is 5. The molecule has 0 saturated heterocycles. The lowest BCUT2D eigenvalue weighted by Gasteiger charge is -2.22. The Morgan fingerprint density at radius 2 is 2.10 bits per heavy atom. The Morgan fingerprint density at radius 1 is 1.25 bits per heavy atom. The van der Waals surface area contributed by atoms with Crippen molar-refractivity contribution in [2.24, 2.45) is 0 Å². The number of nitrogens with zero attached hydrogens (tertiary/aromatic N) is 3. The Bertz CT molecular complexity index is 525. The average molecular weight is 274 g/mol. The second-order valence-electron chi connectivity index (χ2n) is 4.51. The highest BCUT2D eigenvalue weighted by Crippen LogP contribution is 2.18. The molecule has 108 valence electrons. The van der Waals surface area contributed by atoms with Gasteiger partial charge in [0.15, 0.2) is 0 Å². The molecule has 5 nitrogen and oxygen atoms in total. The molecular weight excluding hydrogens is 252 g/mol. The van der Waals surface area contributed by atoms with Crippen LogP contribution in [0.4, 0.5) is 11.6 Å². The van der Waals surface area contributed by atoms with Crippen LogP contribution in [-0.2, 0) is 13.0 Å². The lowest BCUT2D eigenvalue weighted by atomic mass is 10.3. The minimum atomic E-state index is 0.717. The third kappa shape index (κ3) is 3.50. The first-order valence-corrected chi connectivity index (χ1v) is 7.15. The van der Waals surface area contributed by atoms with E-state index in [9.17, 15) is 0 Å². The first kappa shape index (κ1) is 14.4. The average Bonchev–Trinajstić information content (AvgIpc) is 2.97. The van der Waals surface area contributed by atoms with E-state index in [4.69, 9.17) is 4.42 Å². The van der Waals surface area contributed by atoms with E-state index in [1.165, 1.54) is 0 Å². The molecule has 0 radical (unpaired) electrons. The van der Waals surface area contributed by atoms with Gasteiger partial charge in [-0.05, 0) is 26.0 Å². The predicted octanol–water partition coefficient (Wildman–Crippen LogP) is 3.09. The van der Waals surface area contributed by atoms with E-state index < -0.39 is 0 Å². The molecule has 5 heteroatoms. The summed E-state index contributed by atoms with van der Waals surface area (Å²) in [5.74, 6) is 3.61. The van der Waals surface area contributed by atoms with Crippen LogP contribution in [0.5, 0.6) is 0 Å². The molecule has 0 aliphatic heterocycles. The molecule has 2 heterocycles. The smallest absolute Gasteiger partial charge is 0.134 e. The molecule has 0 bridgehead atoms. The van der Waals surface area contributed by atoms with Gasteiger partial charge in [0.1, 0.15) is 23.2 Å². The van der Waals surface area contributed by atoms with Gasteiger partial charge < -0.3 is 14.6 Å². The Balaban J connectivity index is 2.25. The summed E-state index contributed by atoms with van der Waals surface area (Å²) < 4.78 is 5.42. The van der Waals surface area contributed by atoms with Crippen LogP contribution >= 0.6 is 0 Å². The number of hydrogen-bond donors (Lipinski definition) is 1. The molecule has 2 aromatic rings. The third-order valence-electron chi connectivity index (χ3n) is 3.07. The van der Waals surface area contributed by atoms with Crippen LogP contribution in [0, 0.1) is 0 Å². The molecule has 0 aliphatic rings. The summed E-state index contributed by atoms with van der Waals surface area (Å²) in [5, 5.41) is 3.26. The zero-order chi connectivity index (χ0) is 14.4. The molecule has 2 rings (SSSR count). The van der Waals surface area contributed by atoms with Gasteiger partial charge in [0.05, 0.1) is 12.8 Å². The van der Waals surface area contributed by atoms with Crippen molar-refractivity contribution in [2.75, 3.05) is 23.3 Å². The predicted molar refractivity (Wildman–Crippen MR) is 81.0 cm³/mol. The standard InChI is InChI=1S/C15H22N4O/c1-4-13-17-14(16-5-2)10-15(18-13)19(6-3)11-12-8-7-9-20-12/h7-10H,4-6,11H2,1-3H3,(H,16,17,18). The van der Waals surface area contributed by atoms with Gasteiger partial charge in [0.2, 0.25) is 0 Å². The maximum atomic E-state index is 5.42. The third-order valence-corrected chi connectivity index (χ3v) is 3.07. The summed E-state index contributed by atoms with van der Waals surface area (Å²) in [6, 6.07) is 5.88. The van der Waals surface area contributed by atoms with Gasteiger partial charge in [0.25, 0.3) is 0 Å². The summed E-state index contributed by atoms with van der Waals surface area (Å²) in [6.07, 6.45) is 2.52. The van der Waals surface area contributed by atoms with Crippen LogP contribution in [-0.4, -0.2) is 23.1 Å². The zero-order valence-electron chi connectivity index (χ0n) is 12.4.